The number of hydrogen-bond acceptors (Lipinski definition) is 5. The van der Waals surface area contributed by atoms with Gasteiger partial charge >= 0.3 is 0 Å². The highest BCUT2D eigenvalue weighted by Gasteiger charge is 2.17. The first kappa shape index (κ1) is 22.0. The van der Waals surface area contributed by atoms with Gasteiger partial charge in [0.15, 0.2) is 0 Å². The minimum Gasteiger partial charge on any atom is -0.398 e. The largest absolute Gasteiger partial charge is 0.398 e. The van der Waals surface area contributed by atoms with Gasteiger partial charge in [0.1, 0.15) is 5.82 Å². The summed E-state index contributed by atoms with van der Waals surface area (Å²) in [6.07, 6.45) is 2.01. The first-order chi connectivity index (χ1) is 11.6. The van der Waals surface area contributed by atoms with Crippen molar-refractivity contribution < 1.29 is 9.53 Å². The number of nitrogen functional groups attached to an aromatic ring is 1. The molecule has 8 heteroatoms. The van der Waals surface area contributed by atoms with Crippen LogP contribution in [0.15, 0.2) is 42.6 Å². The number of benzene rings is 1. The predicted octanol–water partition coefficient (Wildman–Crippen LogP) is 2.66. The molecule has 3 rings (SSSR count). The van der Waals surface area contributed by atoms with Gasteiger partial charge in [-0.15, -0.1) is 24.8 Å². The Morgan fingerprint density at radius 2 is 2.08 bits per heavy atom. The van der Waals surface area contributed by atoms with Gasteiger partial charge in [-0.2, -0.15) is 0 Å². The molecule has 1 amide bonds. The summed E-state index contributed by atoms with van der Waals surface area (Å²) in [5.41, 5.74) is 7.73. The standard InChI is InChI=1S/C18H22N4O2.2ClH/c1-13-12-22(8-9-24-13)17-7-6-14(10-20-17)11-21-18(23)15-4-2-3-5-16(15)19;;/h2-7,10,13H,8-9,11-12,19H2,1H3,(H,21,23);2*1H. The Kier molecular flexibility index (Phi) is 8.65. The Balaban J connectivity index is 0.00000169. The molecule has 0 bridgehead atoms. The number of para-hydroxylation sites is 1. The smallest absolute Gasteiger partial charge is 0.253 e. The molecule has 1 aromatic heterocycles. The number of anilines is 2. The Bertz CT molecular complexity index is 713. The number of aromatic nitrogens is 1. The first-order valence-corrected chi connectivity index (χ1v) is 8.07. The molecule has 3 N–H and O–H groups in total. The van der Waals surface area contributed by atoms with E-state index in [0.29, 0.717) is 17.8 Å². The van der Waals surface area contributed by atoms with Crippen LogP contribution in [0.4, 0.5) is 11.5 Å². The number of nitrogens with zero attached hydrogens (tertiary/aromatic N) is 2. The lowest BCUT2D eigenvalue weighted by atomic mass is 10.1. The molecule has 1 aliphatic heterocycles. The van der Waals surface area contributed by atoms with Gasteiger partial charge in [0.25, 0.3) is 5.91 Å². The zero-order valence-electron chi connectivity index (χ0n) is 14.6. The number of morpholine rings is 1. The number of ether oxygens (including phenoxy) is 1. The fraction of sp³-hybridized carbons (Fsp3) is 0.333. The van der Waals surface area contributed by atoms with Crippen LogP contribution >= 0.6 is 24.8 Å². The SMILES string of the molecule is CC1CN(c2ccc(CNC(=O)c3ccccc3N)cn2)CCO1.Cl.Cl. The minimum atomic E-state index is -0.181. The summed E-state index contributed by atoms with van der Waals surface area (Å²) in [5.74, 6) is 0.756. The average molecular weight is 399 g/mol. The highest BCUT2D eigenvalue weighted by atomic mass is 35.5. The van der Waals surface area contributed by atoms with E-state index in [-0.39, 0.29) is 36.8 Å². The molecule has 1 aromatic carbocycles. The summed E-state index contributed by atoms with van der Waals surface area (Å²) >= 11 is 0. The molecule has 1 atom stereocenters. The molecular formula is C18H24Cl2N4O2. The lowest BCUT2D eigenvalue weighted by molar-refractivity contribution is 0.0529. The number of hydrogen-bond donors (Lipinski definition) is 2. The van der Waals surface area contributed by atoms with Crippen molar-refractivity contribution in [2.45, 2.75) is 19.6 Å². The maximum Gasteiger partial charge on any atom is 0.253 e. The summed E-state index contributed by atoms with van der Waals surface area (Å²) in [5, 5.41) is 2.87. The molecule has 2 aromatic rings. The van der Waals surface area contributed by atoms with Crippen LogP contribution in [0.5, 0.6) is 0 Å². The van der Waals surface area contributed by atoms with E-state index in [1.54, 1.807) is 30.5 Å². The summed E-state index contributed by atoms with van der Waals surface area (Å²) in [6, 6.07) is 11.0. The van der Waals surface area contributed by atoms with E-state index in [9.17, 15) is 4.79 Å². The Morgan fingerprint density at radius 3 is 2.73 bits per heavy atom. The summed E-state index contributed by atoms with van der Waals surface area (Å²) in [6.45, 7) is 4.89. The van der Waals surface area contributed by atoms with Gasteiger partial charge in [0.05, 0.1) is 18.3 Å². The number of carbonyl (C=O) groups excluding carboxylic acids is 1. The molecule has 1 aliphatic rings. The van der Waals surface area contributed by atoms with Crippen LogP contribution in [-0.2, 0) is 11.3 Å². The lowest BCUT2D eigenvalue weighted by Gasteiger charge is -2.32. The molecule has 1 saturated heterocycles. The van der Waals surface area contributed by atoms with Crippen molar-refractivity contribution in [2.75, 3.05) is 30.3 Å². The predicted molar refractivity (Wildman–Crippen MR) is 108 cm³/mol. The van der Waals surface area contributed by atoms with E-state index in [1.165, 1.54) is 0 Å². The number of rotatable bonds is 4. The molecule has 2 heterocycles. The molecule has 0 saturated carbocycles. The highest BCUT2D eigenvalue weighted by Crippen LogP contribution is 2.16. The van der Waals surface area contributed by atoms with Crippen LogP contribution in [0.3, 0.4) is 0 Å². The monoisotopic (exact) mass is 398 g/mol. The molecule has 142 valence electrons. The molecule has 1 unspecified atom stereocenters. The van der Waals surface area contributed by atoms with E-state index < -0.39 is 0 Å². The fourth-order valence-electron chi connectivity index (χ4n) is 2.72. The summed E-state index contributed by atoms with van der Waals surface area (Å²) in [7, 11) is 0. The van der Waals surface area contributed by atoms with Gasteiger partial charge in [-0.25, -0.2) is 4.98 Å². The maximum absolute atomic E-state index is 12.2. The van der Waals surface area contributed by atoms with Gasteiger partial charge in [-0.1, -0.05) is 18.2 Å². The second kappa shape index (κ2) is 10.2. The Hall–Kier alpha value is -2.02. The second-order valence-corrected chi connectivity index (χ2v) is 5.92. The maximum atomic E-state index is 12.2. The average Bonchev–Trinajstić information content (AvgIpc) is 2.60. The molecule has 0 aliphatic carbocycles. The lowest BCUT2D eigenvalue weighted by Crippen LogP contribution is -2.41. The van der Waals surface area contributed by atoms with E-state index in [1.807, 2.05) is 12.1 Å². The third-order valence-electron chi connectivity index (χ3n) is 4.03. The van der Waals surface area contributed by atoms with E-state index >= 15 is 0 Å². The van der Waals surface area contributed by atoms with Crippen molar-refractivity contribution in [3.63, 3.8) is 0 Å². The van der Waals surface area contributed by atoms with Crippen LogP contribution in [0.25, 0.3) is 0 Å². The fourth-order valence-corrected chi connectivity index (χ4v) is 2.72. The van der Waals surface area contributed by atoms with Crippen molar-refractivity contribution in [2.24, 2.45) is 0 Å². The molecule has 6 nitrogen and oxygen atoms in total. The van der Waals surface area contributed by atoms with Crippen molar-refractivity contribution in [3.05, 3.63) is 53.7 Å². The number of pyridine rings is 1. The van der Waals surface area contributed by atoms with Crippen molar-refractivity contribution in [3.8, 4) is 0 Å². The van der Waals surface area contributed by atoms with Crippen molar-refractivity contribution in [1.82, 2.24) is 10.3 Å². The summed E-state index contributed by atoms with van der Waals surface area (Å²) < 4.78 is 5.54. The van der Waals surface area contributed by atoms with Gasteiger partial charge in [-0.3, -0.25) is 4.79 Å². The molecule has 26 heavy (non-hydrogen) atoms. The van der Waals surface area contributed by atoms with Gasteiger partial charge in [0.2, 0.25) is 0 Å². The van der Waals surface area contributed by atoms with E-state index in [0.717, 1.165) is 31.1 Å². The Morgan fingerprint density at radius 1 is 1.31 bits per heavy atom. The normalized spacial score (nSPS) is 16.2. The third-order valence-corrected chi connectivity index (χ3v) is 4.03. The van der Waals surface area contributed by atoms with Gasteiger partial charge in [-0.05, 0) is 30.7 Å². The van der Waals surface area contributed by atoms with Gasteiger partial charge < -0.3 is 20.7 Å². The quantitative estimate of drug-likeness (QED) is 0.773. The zero-order chi connectivity index (χ0) is 16.9. The van der Waals surface area contributed by atoms with E-state index in [4.69, 9.17) is 10.5 Å². The number of carbonyl (C=O) groups is 1. The van der Waals surface area contributed by atoms with Crippen LogP contribution < -0.4 is 16.0 Å². The van der Waals surface area contributed by atoms with Crippen LogP contribution in [0.2, 0.25) is 0 Å². The molecule has 0 spiro atoms. The molecule has 1 fully saturated rings. The summed E-state index contributed by atoms with van der Waals surface area (Å²) in [4.78, 5) is 18.9. The second-order valence-electron chi connectivity index (χ2n) is 5.92. The molecule has 0 radical (unpaired) electrons. The first-order valence-electron chi connectivity index (χ1n) is 8.07. The highest BCUT2D eigenvalue weighted by molar-refractivity contribution is 5.98. The van der Waals surface area contributed by atoms with Crippen molar-refractivity contribution in [1.29, 1.82) is 0 Å². The van der Waals surface area contributed by atoms with Crippen LogP contribution in [0, 0.1) is 0 Å². The zero-order valence-corrected chi connectivity index (χ0v) is 16.2. The number of nitrogens with one attached hydrogen (secondary N) is 1. The number of halogens is 2. The minimum absolute atomic E-state index is 0. The van der Waals surface area contributed by atoms with Gasteiger partial charge in [0, 0.05) is 31.5 Å². The Labute approximate surface area is 165 Å². The number of nitrogens with two attached hydrogens (primary N) is 1. The van der Waals surface area contributed by atoms with Crippen molar-refractivity contribution >= 4 is 42.2 Å². The molecular weight excluding hydrogens is 375 g/mol. The topological polar surface area (TPSA) is 80.5 Å². The van der Waals surface area contributed by atoms with Crippen LogP contribution in [-0.4, -0.2) is 36.7 Å². The third kappa shape index (κ3) is 5.49. The van der Waals surface area contributed by atoms with Crippen LogP contribution in [0.1, 0.15) is 22.8 Å². The van der Waals surface area contributed by atoms with E-state index in [2.05, 4.69) is 22.1 Å². The number of amides is 1.